The van der Waals surface area contributed by atoms with Crippen LogP contribution in [0.3, 0.4) is 0 Å². The molecular formula is C18H24N2O5. The van der Waals surface area contributed by atoms with E-state index in [0.29, 0.717) is 43.1 Å². The van der Waals surface area contributed by atoms with Crippen LogP contribution in [0.15, 0.2) is 17.7 Å². The van der Waals surface area contributed by atoms with E-state index in [1.165, 1.54) is 6.07 Å². The van der Waals surface area contributed by atoms with Crippen molar-refractivity contribution in [2.45, 2.75) is 26.7 Å². The minimum absolute atomic E-state index is 0.0741. The normalized spacial score (nSPS) is 16.9. The molecule has 0 aromatic heterocycles. The summed E-state index contributed by atoms with van der Waals surface area (Å²) in [4.78, 5) is 25.1. The second-order valence-electron chi connectivity index (χ2n) is 5.99. The van der Waals surface area contributed by atoms with Crippen LogP contribution in [-0.4, -0.2) is 49.0 Å². The number of hydrogen-bond acceptors (Lipinski definition) is 6. The van der Waals surface area contributed by atoms with Gasteiger partial charge in [-0.15, -0.1) is 0 Å². The number of ether oxygens (including phenoxy) is 2. The van der Waals surface area contributed by atoms with Crippen molar-refractivity contribution < 1.29 is 19.2 Å². The van der Waals surface area contributed by atoms with Crippen molar-refractivity contribution in [1.82, 2.24) is 4.90 Å². The number of nitro benzene ring substituents is 1. The standard InChI is InChI=1S/C18H24N2O5/c1-4-8-25-18-15(20(22)23)10-13(11-17(18)24-5-2)9-14-12-19(3)7-6-16(14)21/h9-11H,4-8,12H2,1-3H3/b14-9+. The molecule has 0 bridgehead atoms. The van der Waals surface area contributed by atoms with Gasteiger partial charge in [0.1, 0.15) is 0 Å². The molecule has 1 aliphatic rings. The molecule has 0 spiro atoms. The van der Waals surface area contributed by atoms with E-state index in [0.717, 1.165) is 13.0 Å². The summed E-state index contributed by atoms with van der Waals surface area (Å²) in [6.45, 7) is 5.72. The summed E-state index contributed by atoms with van der Waals surface area (Å²) in [7, 11) is 1.94. The maximum atomic E-state index is 12.1. The van der Waals surface area contributed by atoms with Crippen LogP contribution in [0.1, 0.15) is 32.3 Å². The third kappa shape index (κ3) is 4.79. The largest absolute Gasteiger partial charge is 0.490 e. The number of nitro groups is 1. The quantitative estimate of drug-likeness (QED) is 0.428. The molecule has 2 rings (SSSR count). The molecule has 0 radical (unpaired) electrons. The van der Waals surface area contributed by atoms with Crippen LogP contribution in [0, 0.1) is 10.1 Å². The second-order valence-corrected chi connectivity index (χ2v) is 5.99. The first-order valence-electron chi connectivity index (χ1n) is 8.46. The number of benzene rings is 1. The Balaban J connectivity index is 2.48. The summed E-state index contributed by atoms with van der Waals surface area (Å²) in [5, 5.41) is 11.5. The van der Waals surface area contributed by atoms with Gasteiger partial charge in [-0.2, -0.15) is 0 Å². The van der Waals surface area contributed by atoms with Crippen LogP contribution in [0.4, 0.5) is 5.69 Å². The average molecular weight is 348 g/mol. The number of hydrogen-bond donors (Lipinski definition) is 0. The number of likely N-dealkylation sites (N-methyl/N-ethyl adjacent to an activating group) is 1. The first-order chi connectivity index (χ1) is 12.0. The molecule has 1 aliphatic heterocycles. The first kappa shape index (κ1) is 18.9. The fourth-order valence-corrected chi connectivity index (χ4v) is 2.68. The number of carbonyl (C=O) groups is 1. The maximum absolute atomic E-state index is 12.1. The van der Waals surface area contributed by atoms with Gasteiger partial charge in [-0.25, -0.2) is 0 Å². The number of Topliss-reactive ketones (excluding diaryl/α,β-unsaturated/α-hetero) is 1. The molecule has 0 amide bonds. The number of ketones is 1. The molecule has 1 aromatic rings. The Hall–Kier alpha value is -2.41. The molecule has 0 saturated carbocycles. The lowest BCUT2D eigenvalue weighted by Gasteiger charge is -2.23. The Kier molecular flexibility index (Phi) is 6.52. The zero-order valence-electron chi connectivity index (χ0n) is 14.9. The lowest BCUT2D eigenvalue weighted by Crippen LogP contribution is -2.32. The van der Waals surface area contributed by atoms with Crippen molar-refractivity contribution in [3.8, 4) is 11.5 Å². The lowest BCUT2D eigenvalue weighted by atomic mass is 10.0. The van der Waals surface area contributed by atoms with Crippen LogP contribution in [0.5, 0.6) is 11.5 Å². The third-order valence-electron chi connectivity index (χ3n) is 3.86. The second kappa shape index (κ2) is 8.62. The molecule has 1 saturated heterocycles. The number of rotatable bonds is 7. The molecule has 1 aromatic carbocycles. The topological polar surface area (TPSA) is 81.9 Å². The Morgan fingerprint density at radius 2 is 2.08 bits per heavy atom. The molecular weight excluding hydrogens is 324 g/mol. The van der Waals surface area contributed by atoms with Crippen molar-refractivity contribution in [3.05, 3.63) is 33.4 Å². The molecule has 0 unspecified atom stereocenters. The molecule has 136 valence electrons. The van der Waals surface area contributed by atoms with Gasteiger partial charge < -0.3 is 14.4 Å². The van der Waals surface area contributed by atoms with E-state index in [1.54, 1.807) is 19.1 Å². The van der Waals surface area contributed by atoms with Crippen LogP contribution < -0.4 is 9.47 Å². The lowest BCUT2D eigenvalue weighted by molar-refractivity contribution is -0.386. The zero-order chi connectivity index (χ0) is 18.4. The predicted octanol–water partition coefficient (Wildman–Crippen LogP) is 3.07. The van der Waals surface area contributed by atoms with Gasteiger partial charge in [0.2, 0.25) is 5.75 Å². The number of carbonyl (C=O) groups excluding carboxylic acids is 1. The Labute approximate surface area is 147 Å². The summed E-state index contributed by atoms with van der Waals surface area (Å²) in [6.07, 6.45) is 2.90. The highest BCUT2D eigenvalue weighted by Gasteiger charge is 2.24. The molecule has 0 atom stereocenters. The number of nitrogens with zero attached hydrogens (tertiary/aromatic N) is 2. The zero-order valence-corrected chi connectivity index (χ0v) is 14.9. The fourth-order valence-electron chi connectivity index (χ4n) is 2.68. The van der Waals surface area contributed by atoms with Gasteiger partial charge in [0.05, 0.1) is 18.1 Å². The van der Waals surface area contributed by atoms with Crippen molar-refractivity contribution in [2.24, 2.45) is 0 Å². The highest BCUT2D eigenvalue weighted by molar-refractivity contribution is 6.00. The highest BCUT2D eigenvalue weighted by atomic mass is 16.6. The summed E-state index contributed by atoms with van der Waals surface area (Å²) >= 11 is 0. The van der Waals surface area contributed by atoms with Crippen molar-refractivity contribution in [1.29, 1.82) is 0 Å². The van der Waals surface area contributed by atoms with E-state index in [-0.39, 0.29) is 17.2 Å². The van der Waals surface area contributed by atoms with Crippen LogP contribution in [-0.2, 0) is 4.79 Å². The van der Waals surface area contributed by atoms with Crippen molar-refractivity contribution >= 4 is 17.5 Å². The van der Waals surface area contributed by atoms with Gasteiger partial charge in [0.15, 0.2) is 11.5 Å². The molecule has 1 fully saturated rings. The minimum Gasteiger partial charge on any atom is -0.490 e. The molecule has 7 nitrogen and oxygen atoms in total. The van der Waals surface area contributed by atoms with Gasteiger partial charge in [-0.05, 0) is 38.1 Å². The van der Waals surface area contributed by atoms with E-state index >= 15 is 0 Å². The molecule has 0 N–H and O–H groups in total. The third-order valence-corrected chi connectivity index (χ3v) is 3.86. The van der Waals surface area contributed by atoms with Gasteiger partial charge in [-0.3, -0.25) is 14.9 Å². The molecule has 25 heavy (non-hydrogen) atoms. The summed E-state index contributed by atoms with van der Waals surface area (Å²) in [5.74, 6) is 0.543. The van der Waals surface area contributed by atoms with Gasteiger partial charge in [-0.1, -0.05) is 6.92 Å². The van der Waals surface area contributed by atoms with E-state index in [1.807, 2.05) is 18.9 Å². The highest BCUT2D eigenvalue weighted by Crippen LogP contribution is 2.39. The van der Waals surface area contributed by atoms with Gasteiger partial charge in [0.25, 0.3) is 0 Å². The molecule has 1 heterocycles. The predicted molar refractivity (Wildman–Crippen MR) is 95.1 cm³/mol. The van der Waals surface area contributed by atoms with E-state index in [9.17, 15) is 14.9 Å². The van der Waals surface area contributed by atoms with Crippen LogP contribution in [0.25, 0.3) is 6.08 Å². The first-order valence-corrected chi connectivity index (χ1v) is 8.46. The van der Waals surface area contributed by atoms with Crippen LogP contribution in [0.2, 0.25) is 0 Å². The summed E-state index contributed by atoms with van der Waals surface area (Å²) < 4.78 is 11.1. The maximum Gasteiger partial charge on any atom is 0.315 e. The van der Waals surface area contributed by atoms with Crippen LogP contribution >= 0.6 is 0 Å². The fraction of sp³-hybridized carbons (Fsp3) is 0.500. The molecule has 0 aliphatic carbocycles. The monoisotopic (exact) mass is 348 g/mol. The van der Waals surface area contributed by atoms with E-state index < -0.39 is 4.92 Å². The number of likely N-dealkylation sites (tertiary alicyclic amines) is 1. The SMILES string of the molecule is CCCOc1c(OCC)cc(/C=C2\CN(C)CCC2=O)cc1[N+](=O)[O-]. The van der Waals surface area contributed by atoms with Gasteiger partial charge >= 0.3 is 5.69 Å². The van der Waals surface area contributed by atoms with Crippen molar-refractivity contribution in [3.63, 3.8) is 0 Å². The average Bonchev–Trinajstić information content (AvgIpc) is 2.57. The van der Waals surface area contributed by atoms with Crippen molar-refractivity contribution in [2.75, 3.05) is 33.4 Å². The minimum atomic E-state index is -0.482. The Bertz CT molecular complexity index is 684. The smallest absolute Gasteiger partial charge is 0.315 e. The summed E-state index contributed by atoms with van der Waals surface area (Å²) in [6, 6.07) is 3.12. The Morgan fingerprint density at radius 3 is 2.72 bits per heavy atom. The van der Waals surface area contributed by atoms with E-state index in [4.69, 9.17) is 9.47 Å². The number of piperidine rings is 1. The van der Waals surface area contributed by atoms with Gasteiger partial charge in [0, 0.05) is 31.1 Å². The van der Waals surface area contributed by atoms with E-state index in [2.05, 4.69) is 0 Å². The summed E-state index contributed by atoms with van der Waals surface area (Å²) in [5.41, 5.74) is 1.06. The Morgan fingerprint density at radius 1 is 1.32 bits per heavy atom. The molecule has 7 heteroatoms.